The summed E-state index contributed by atoms with van der Waals surface area (Å²) in [7, 11) is 0. The van der Waals surface area contributed by atoms with E-state index in [0.29, 0.717) is 12.8 Å². The Labute approximate surface area is 70.4 Å². The van der Waals surface area contributed by atoms with Crippen molar-refractivity contribution in [3.63, 3.8) is 0 Å². The lowest BCUT2D eigenvalue weighted by atomic mass is 9.72. The topological polar surface area (TPSA) is 43.4 Å². The minimum atomic E-state index is -0.578. The Bertz CT molecular complexity index is 279. The van der Waals surface area contributed by atoms with Crippen LogP contribution >= 0.6 is 0 Å². The van der Waals surface area contributed by atoms with Gasteiger partial charge in [-0.2, -0.15) is 0 Å². The van der Waals surface area contributed by atoms with Gasteiger partial charge in [-0.05, 0) is 19.8 Å². The fraction of sp³-hybridized carbons (Fsp3) is 0.556. The predicted octanol–water partition coefficient (Wildman–Crippen LogP) is 1.04. The maximum absolute atomic E-state index is 11.3. The van der Waals surface area contributed by atoms with Gasteiger partial charge in [0.2, 0.25) is 0 Å². The van der Waals surface area contributed by atoms with E-state index in [2.05, 4.69) is 4.74 Å². The van der Waals surface area contributed by atoms with Gasteiger partial charge in [0.05, 0.1) is 11.3 Å². The molecule has 0 N–H and O–H groups in total. The molecule has 0 unspecified atom stereocenters. The first kappa shape index (κ1) is 7.53. The third-order valence-corrected chi connectivity index (χ3v) is 2.79. The SMILES string of the molecule is C[C@]12CC=CC[C@H]1C(=O)OC2=O. The van der Waals surface area contributed by atoms with Gasteiger partial charge in [0.25, 0.3) is 0 Å². The lowest BCUT2D eigenvalue weighted by Gasteiger charge is -2.25. The van der Waals surface area contributed by atoms with Gasteiger partial charge < -0.3 is 4.74 Å². The number of carbonyl (C=O) groups excluding carboxylic acids is 2. The number of hydrogen-bond donors (Lipinski definition) is 0. The highest BCUT2D eigenvalue weighted by molar-refractivity contribution is 5.99. The highest BCUT2D eigenvalue weighted by Gasteiger charge is 2.53. The Kier molecular flexibility index (Phi) is 1.37. The van der Waals surface area contributed by atoms with Crippen molar-refractivity contribution < 1.29 is 14.3 Å². The Hall–Kier alpha value is -1.12. The largest absolute Gasteiger partial charge is 0.392 e. The summed E-state index contributed by atoms with van der Waals surface area (Å²) in [6.45, 7) is 1.80. The molecular weight excluding hydrogens is 156 g/mol. The molecule has 2 aliphatic rings. The average molecular weight is 166 g/mol. The fourth-order valence-corrected chi connectivity index (χ4v) is 1.82. The van der Waals surface area contributed by atoms with Crippen molar-refractivity contribution in [1.29, 1.82) is 0 Å². The molecular formula is C9H10O3. The van der Waals surface area contributed by atoms with Gasteiger partial charge in [-0.15, -0.1) is 0 Å². The number of carbonyl (C=O) groups is 2. The second kappa shape index (κ2) is 2.19. The summed E-state index contributed by atoms with van der Waals surface area (Å²) < 4.78 is 4.59. The number of esters is 2. The molecule has 0 aromatic rings. The molecule has 1 fully saturated rings. The van der Waals surface area contributed by atoms with E-state index >= 15 is 0 Å². The summed E-state index contributed by atoms with van der Waals surface area (Å²) in [4.78, 5) is 22.4. The van der Waals surface area contributed by atoms with Gasteiger partial charge in [0.15, 0.2) is 0 Å². The number of cyclic esters (lactones) is 2. The van der Waals surface area contributed by atoms with Crippen LogP contribution in [0.4, 0.5) is 0 Å². The molecule has 64 valence electrons. The van der Waals surface area contributed by atoms with E-state index in [1.165, 1.54) is 0 Å². The summed E-state index contributed by atoms with van der Waals surface area (Å²) in [6.07, 6.45) is 5.14. The normalized spacial score (nSPS) is 39.6. The van der Waals surface area contributed by atoms with Crippen molar-refractivity contribution >= 4 is 11.9 Å². The molecule has 0 bridgehead atoms. The lowest BCUT2D eigenvalue weighted by Crippen LogP contribution is -2.31. The Morgan fingerprint density at radius 1 is 1.50 bits per heavy atom. The zero-order chi connectivity index (χ0) is 8.77. The quantitative estimate of drug-likeness (QED) is 0.307. The first-order valence-corrected chi connectivity index (χ1v) is 4.06. The molecule has 0 saturated carbocycles. The van der Waals surface area contributed by atoms with Gasteiger partial charge in [-0.1, -0.05) is 12.2 Å². The van der Waals surface area contributed by atoms with Crippen LogP contribution in [0.15, 0.2) is 12.2 Å². The van der Waals surface area contributed by atoms with Crippen LogP contribution in [-0.4, -0.2) is 11.9 Å². The number of ether oxygens (including phenoxy) is 1. The van der Waals surface area contributed by atoms with E-state index in [4.69, 9.17) is 0 Å². The molecule has 2 rings (SSSR count). The van der Waals surface area contributed by atoms with Crippen LogP contribution in [0.3, 0.4) is 0 Å². The second-order valence-electron chi connectivity index (χ2n) is 3.59. The van der Waals surface area contributed by atoms with E-state index in [0.717, 1.165) is 0 Å². The number of fused-ring (bicyclic) bond motifs is 1. The molecule has 0 spiro atoms. The molecule has 1 aliphatic carbocycles. The fourth-order valence-electron chi connectivity index (χ4n) is 1.82. The van der Waals surface area contributed by atoms with Crippen LogP contribution < -0.4 is 0 Å². The van der Waals surface area contributed by atoms with Gasteiger partial charge in [0.1, 0.15) is 0 Å². The Morgan fingerprint density at radius 2 is 2.25 bits per heavy atom. The summed E-state index contributed by atoms with van der Waals surface area (Å²) in [5.41, 5.74) is -0.578. The third kappa shape index (κ3) is 0.763. The molecule has 1 heterocycles. The molecule has 3 heteroatoms. The van der Waals surface area contributed by atoms with Crippen molar-refractivity contribution in [1.82, 2.24) is 0 Å². The van der Waals surface area contributed by atoms with Crippen molar-refractivity contribution in [3.05, 3.63) is 12.2 Å². The van der Waals surface area contributed by atoms with Crippen LogP contribution in [0.25, 0.3) is 0 Å². The van der Waals surface area contributed by atoms with Crippen molar-refractivity contribution in [2.45, 2.75) is 19.8 Å². The van der Waals surface area contributed by atoms with Crippen LogP contribution in [0.1, 0.15) is 19.8 Å². The standard InChI is InChI=1S/C9H10O3/c1-9-5-3-2-4-6(9)7(10)12-8(9)11/h2-3,6H,4-5H2,1H3/t6-,9-/m0/s1. The Balaban J connectivity index is 2.41. The second-order valence-corrected chi connectivity index (χ2v) is 3.59. The van der Waals surface area contributed by atoms with Crippen LogP contribution in [0.5, 0.6) is 0 Å². The minimum absolute atomic E-state index is 0.241. The van der Waals surface area contributed by atoms with Crippen LogP contribution in [0, 0.1) is 11.3 Å². The van der Waals surface area contributed by atoms with E-state index < -0.39 is 5.41 Å². The van der Waals surface area contributed by atoms with E-state index in [-0.39, 0.29) is 17.9 Å². The van der Waals surface area contributed by atoms with E-state index in [1.807, 2.05) is 12.2 Å². The summed E-state index contributed by atoms with van der Waals surface area (Å²) in [6, 6.07) is 0. The van der Waals surface area contributed by atoms with E-state index in [1.54, 1.807) is 6.92 Å². The van der Waals surface area contributed by atoms with E-state index in [9.17, 15) is 9.59 Å². The van der Waals surface area contributed by atoms with Gasteiger partial charge in [-0.3, -0.25) is 9.59 Å². The van der Waals surface area contributed by atoms with Crippen LogP contribution in [0.2, 0.25) is 0 Å². The van der Waals surface area contributed by atoms with Crippen molar-refractivity contribution in [2.75, 3.05) is 0 Å². The molecule has 1 aliphatic heterocycles. The predicted molar refractivity (Wildman–Crippen MR) is 41.1 cm³/mol. The summed E-state index contributed by atoms with van der Waals surface area (Å²) in [5, 5.41) is 0. The first-order valence-electron chi connectivity index (χ1n) is 4.06. The van der Waals surface area contributed by atoms with Crippen LogP contribution in [-0.2, 0) is 14.3 Å². The molecule has 0 amide bonds. The highest BCUT2D eigenvalue weighted by Crippen LogP contribution is 2.44. The third-order valence-electron chi connectivity index (χ3n) is 2.79. The number of hydrogen-bond acceptors (Lipinski definition) is 3. The van der Waals surface area contributed by atoms with Crippen molar-refractivity contribution in [3.8, 4) is 0 Å². The molecule has 0 aromatic heterocycles. The lowest BCUT2D eigenvalue weighted by molar-refractivity contribution is -0.155. The number of allylic oxidation sites excluding steroid dienone is 2. The summed E-state index contributed by atoms with van der Waals surface area (Å²) in [5.74, 6) is -0.955. The molecule has 3 nitrogen and oxygen atoms in total. The van der Waals surface area contributed by atoms with Gasteiger partial charge >= 0.3 is 11.9 Å². The highest BCUT2D eigenvalue weighted by atomic mass is 16.6. The zero-order valence-corrected chi connectivity index (χ0v) is 6.87. The maximum atomic E-state index is 11.3. The zero-order valence-electron chi connectivity index (χ0n) is 6.87. The molecule has 0 radical (unpaired) electrons. The summed E-state index contributed by atoms with van der Waals surface area (Å²) >= 11 is 0. The van der Waals surface area contributed by atoms with Crippen molar-refractivity contribution in [2.24, 2.45) is 11.3 Å². The number of rotatable bonds is 0. The molecule has 1 saturated heterocycles. The smallest absolute Gasteiger partial charge is 0.320 e. The monoisotopic (exact) mass is 166 g/mol. The molecule has 0 aromatic carbocycles. The maximum Gasteiger partial charge on any atom is 0.320 e. The first-order chi connectivity index (χ1) is 5.64. The Morgan fingerprint density at radius 3 is 2.92 bits per heavy atom. The van der Waals surface area contributed by atoms with Gasteiger partial charge in [-0.25, -0.2) is 0 Å². The van der Waals surface area contributed by atoms with Gasteiger partial charge in [0, 0.05) is 0 Å². The molecule has 2 atom stereocenters. The molecule has 12 heavy (non-hydrogen) atoms. The minimum Gasteiger partial charge on any atom is -0.392 e. The average Bonchev–Trinajstić information content (AvgIpc) is 2.25.